The highest BCUT2D eigenvalue weighted by Gasteiger charge is 2.18. The lowest BCUT2D eigenvalue weighted by Gasteiger charge is -2.20. The number of rotatable bonds is 6. The fourth-order valence-electron chi connectivity index (χ4n) is 2.23. The number of hydrogen-bond acceptors (Lipinski definition) is 2. The van der Waals surface area contributed by atoms with Gasteiger partial charge in [0, 0.05) is 29.9 Å². The van der Waals surface area contributed by atoms with Crippen LogP contribution in [0.15, 0.2) is 36.5 Å². The van der Waals surface area contributed by atoms with Crippen molar-refractivity contribution in [2.24, 2.45) is 0 Å². The molecule has 0 radical (unpaired) electrons. The molecule has 1 N–H and O–H groups in total. The molecule has 0 aliphatic heterocycles. The van der Waals surface area contributed by atoms with E-state index in [1.807, 2.05) is 25.3 Å². The third-order valence-electron chi connectivity index (χ3n) is 3.38. The molecule has 2 nitrogen and oxygen atoms in total. The Kier molecular flexibility index (Phi) is 5.71. The quantitative estimate of drug-likeness (QED) is 0.852. The summed E-state index contributed by atoms with van der Waals surface area (Å²) in [4.78, 5) is 4.41. The Hall–Kier alpha value is -1.45. The summed E-state index contributed by atoms with van der Waals surface area (Å²) in [5.74, 6) is -0.347. The van der Waals surface area contributed by atoms with Crippen LogP contribution in [-0.2, 0) is 6.42 Å². The predicted molar refractivity (Wildman–Crippen MR) is 85.1 cm³/mol. The van der Waals surface area contributed by atoms with E-state index in [0.29, 0.717) is 12.0 Å². The molecule has 1 aromatic heterocycles. The number of hydrogen-bond donors (Lipinski definition) is 1. The number of nitrogens with zero attached hydrogens (tertiary/aromatic N) is 1. The minimum absolute atomic E-state index is 0.126. The van der Waals surface area contributed by atoms with Crippen molar-refractivity contribution in [1.29, 1.82) is 0 Å². The van der Waals surface area contributed by atoms with E-state index in [1.54, 1.807) is 18.2 Å². The van der Waals surface area contributed by atoms with Crippen molar-refractivity contribution in [1.82, 2.24) is 10.3 Å². The van der Waals surface area contributed by atoms with E-state index >= 15 is 0 Å². The summed E-state index contributed by atoms with van der Waals surface area (Å²) >= 11 is 5.90. The average molecular weight is 307 g/mol. The van der Waals surface area contributed by atoms with Gasteiger partial charge in [0.05, 0.1) is 5.02 Å². The van der Waals surface area contributed by atoms with Gasteiger partial charge in [-0.1, -0.05) is 36.7 Å². The zero-order chi connectivity index (χ0) is 15.2. The number of aromatic nitrogens is 1. The Morgan fingerprint density at radius 3 is 2.76 bits per heavy atom. The second-order valence-electron chi connectivity index (χ2n) is 5.18. The zero-order valence-electron chi connectivity index (χ0n) is 12.4. The van der Waals surface area contributed by atoms with Crippen LogP contribution in [0.3, 0.4) is 0 Å². The van der Waals surface area contributed by atoms with Crippen molar-refractivity contribution in [3.63, 3.8) is 0 Å². The molecular weight excluding hydrogens is 287 g/mol. The van der Waals surface area contributed by atoms with Crippen LogP contribution in [0.25, 0.3) is 0 Å². The van der Waals surface area contributed by atoms with Gasteiger partial charge in [-0.2, -0.15) is 0 Å². The van der Waals surface area contributed by atoms with Crippen LogP contribution in [-0.4, -0.2) is 11.5 Å². The largest absolute Gasteiger partial charge is 0.310 e. The summed E-state index contributed by atoms with van der Waals surface area (Å²) < 4.78 is 14.3. The Morgan fingerprint density at radius 1 is 1.29 bits per heavy atom. The fourth-order valence-corrected chi connectivity index (χ4v) is 2.41. The number of nitrogens with one attached hydrogen (secondary N) is 1. The topological polar surface area (TPSA) is 24.9 Å². The number of halogens is 2. The standard InChI is InChI=1S/C17H20ClFN2/c1-3-9-20-16(10-13-8-7-12(2)11-21-13)14-5-4-6-15(18)17(14)19/h4-8,11,16,20H,3,9-10H2,1-2H3. The summed E-state index contributed by atoms with van der Waals surface area (Å²) in [6.07, 6.45) is 3.46. The third kappa shape index (κ3) is 4.26. The number of pyridine rings is 1. The minimum Gasteiger partial charge on any atom is -0.310 e. The first-order chi connectivity index (χ1) is 10.1. The van der Waals surface area contributed by atoms with Crippen LogP contribution in [0, 0.1) is 12.7 Å². The summed E-state index contributed by atoms with van der Waals surface area (Å²) in [5, 5.41) is 3.54. The highest BCUT2D eigenvalue weighted by Crippen LogP contribution is 2.25. The van der Waals surface area contributed by atoms with E-state index in [0.717, 1.165) is 24.2 Å². The minimum atomic E-state index is -0.347. The fraction of sp³-hybridized carbons (Fsp3) is 0.353. The van der Waals surface area contributed by atoms with Crippen molar-refractivity contribution >= 4 is 11.6 Å². The molecule has 0 aliphatic carbocycles. The molecule has 2 aromatic rings. The smallest absolute Gasteiger partial charge is 0.146 e. The van der Waals surface area contributed by atoms with Crippen molar-refractivity contribution in [3.05, 3.63) is 64.2 Å². The maximum atomic E-state index is 14.3. The molecule has 21 heavy (non-hydrogen) atoms. The number of aryl methyl sites for hydroxylation is 1. The summed E-state index contributed by atoms with van der Waals surface area (Å²) in [6.45, 7) is 4.91. The van der Waals surface area contributed by atoms with E-state index in [2.05, 4.69) is 17.2 Å². The highest BCUT2D eigenvalue weighted by molar-refractivity contribution is 6.30. The molecule has 0 fully saturated rings. The van der Waals surface area contributed by atoms with E-state index in [-0.39, 0.29) is 16.9 Å². The van der Waals surface area contributed by atoms with Crippen molar-refractivity contribution < 1.29 is 4.39 Å². The molecule has 1 heterocycles. The lowest BCUT2D eigenvalue weighted by atomic mass is 10.0. The summed E-state index contributed by atoms with van der Waals surface area (Å²) in [7, 11) is 0. The highest BCUT2D eigenvalue weighted by atomic mass is 35.5. The first-order valence-electron chi connectivity index (χ1n) is 7.20. The van der Waals surface area contributed by atoms with Crippen LogP contribution in [0.4, 0.5) is 4.39 Å². The van der Waals surface area contributed by atoms with Crippen molar-refractivity contribution in [3.8, 4) is 0 Å². The molecule has 1 unspecified atom stereocenters. The van der Waals surface area contributed by atoms with Gasteiger partial charge in [0.25, 0.3) is 0 Å². The third-order valence-corrected chi connectivity index (χ3v) is 3.68. The predicted octanol–water partition coefficient (Wildman–Crippen LogP) is 4.47. The lowest BCUT2D eigenvalue weighted by Crippen LogP contribution is -2.25. The van der Waals surface area contributed by atoms with Gasteiger partial charge in [-0.3, -0.25) is 4.98 Å². The van der Waals surface area contributed by atoms with Crippen LogP contribution < -0.4 is 5.32 Å². The van der Waals surface area contributed by atoms with Gasteiger partial charge in [0.2, 0.25) is 0 Å². The van der Waals surface area contributed by atoms with E-state index in [4.69, 9.17) is 11.6 Å². The van der Waals surface area contributed by atoms with Crippen LogP contribution in [0.2, 0.25) is 5.02 Å². The van der Waals surface area contributed by atoms with Crippen LogP contribution >= 0.6 is 11.6 Å². The van der Waals surface area contributed by atoms with E-state index in [9.17, 15) is 4.39 Å². The molecule has 1 aromatic carbocycles. The van der Waals surface area contributed by atoms with Gasteiger partial charge in [-0.25, -0.2) is 4.39 Å². The Balaban J connectivity index is 2.25. The summed E-state index contributed by atoms with van der Waals surface area (Å²) in [5.41, 5.74) is 2.65. The van der Waals surface area contributed by atoms with Crippen LogP contribution in [0.5, 0.6) is 0 Å². The van der Waals surface area contributed by atoms with Crippen LogP contribution in [0.1, 0.15) is 36.2 Å². The zero-order valence-corrected chi connectivity index (χ0v) is 13.1. The first-order valence-corrected chi connectivity index (χ1v) is 7.58. The molecule has 112 valence electrons. The monoisotopic (exact) mass is 306 g/mol. The molecule has 0 saturated carbocycles. The Morgan fingerprint density at radius 2 is 2.10 bits per heavy atom. The normalized spacial score (nSPS) is 12.4. The van der Waals surface area contributed by atoms with Gasteiger partial charge < -0.3 is 5.32 Å². The van der Waals surface area contributed by atoms with E-state index in [1.165, 1.54) is 0 Å². The van der Waals surface area contributed by atoms with Crippen molar-refractivity contribution in [2.45, 2.75) is 32.7 Å². The second-order valence-corrected chi connectivity index (χ2v) is 5.59. The lowest BCUT2D eigenvalue weighted by molar-refractivity contribution is 0.493. The molecule has 0 saturated heterocycles. The van der Waals surface area contributed by atoms with Gasteiger partial charge in [-0.15, -0.1) is 0 Å². The maximum Gasteiger partial charge on any atom is 0.146 e. The molecule has 0 spiro atoms. The molecule has 0 bridgehead atoms. The molecule has 0 amide bonds. The van der Waals surface area contributed by atoms with Crippen molar-refractivity contribution in [2.75, 3.05) is 6.54 Å². The number of benzene rings is 1. The summed E-state index contributed by atoms with van der Waals surface area (Å²) in [6, 6.07) is 9.01. The molecule has 2 rings (SSSR count). The van der Waals surface area contributed by atoms with Gasteiger partial charge in [-0.05, 0) is 37.6 Å². The van der Waals surface area contributed by atoms with Gasteiger partial charge >= 0.3 is 0 Å². The SMILES string of the molecule is CCCNC(Cc1ccc(C)cn1)c1cccc(Cl)c1F. The molecular formula is C17H20ClFN2. The molecule has 1 atom stereocenters. The van der Waals surface area contributed by atoms with Gasteiger partial charge in [0.1, 0.15) is 5.82 Å². The van der Waals surface area contributed by atoms with Gasteiger partial charge in [0.15, 0.2) is 0 Å². The second kappa shape index (κ2) is 7.53. The molecule has 4 heteroatoms. The Bertz CT molecular complexity index is 584. The average Bonchev–Trinajstić information content (AvgIpc) is 2.48. The Labute approximate surface area is 130 Å². The first kappa shape index (κ1) is 15.9. The van der Waals surface area contributed by atoms with E-state index < -0.39 is 0 Å². The molecule has 0 aliphatic rings. The maximum absolute atomic E-state index is 14.3.